The number of aromatic nitrogens is 2. The quantitative estimate of drug-likeness (QED) is 0.289. The summed E-state index contributed by atoms with van der Waals surface area (Å²) in [5, 5.41) is 4.13. The second kappa shape index (κ2) is 11.9. The molecule has 1 heterocycles. The summed E-state index contributed by atoms with van der Waals surface area (Å²) in [4.78, 5) is 20.3. The molecule has 1 unspecified atom stereocenters. The average molecular weight is 461 g/mol. The number of nitrogens with zero attached hydrogens (tertiary/aromatic N) is 2. The molecule has 0 aliphatic rings. The Labute approximate surface area is 201 Å². The molecular weight excluding hydrogens is 428 g/mol. The summed E-state index contributed by atoms with van der Waals surface area (Å²) >= 11 is 0. The van der Waals surface area contributed by atoms with Crippen molar-refractivity contribution >= 4 is 28.3 Å². The number of unbranched alkanes of at least 4 members (excludes halogenated alkanes) is 2. The Morgan fingerprint density at radius 1 is 1.15 bits per heavy atom. The van der Waals surface area contributed by atoms with Crippen LogP contribution in [-0.4, -0.2) is 29.6 Å². The van der Waals surface area contributed by atoms with Crippen LogP contribution in [0.5, 0.6) is 11.5 Å². The number of rotatable bonds is 12. The van der Waals surface area contributed by atoms with Crippen LogP contribution >= 0.6 is 0 Å². The van der Waals surface area contributed by atoms with Gasteiger partial charge in [-0.05, 0) is 43.0 Å². The fourth-order valence-electron chi connectivity index (χ4n) is 3.89. The minimum absolute atomic E-state index is 0.0752. The lowest BCUT2D eigenvalue weighted by Crippen LogP contribution is -2.27. The van der Waals surface area contributed by atoms with Gasteiger partial charge in [-0.1, -0.05) is 38.7 Å². The summed E-state index contributed by atoms with van der Waals surface area (Å²) in [7, 11) is 1.61. The van der Waals surface area contributed by atoms with Gasteiger partial charge >= 0.3 is 0 Å². The number of nitrogens with one attached hydrogen (secondary N) is 1. The zero-order valence-corrected chi connectivity index (χ0v) is 20.0. The second-order valence-electron chi connectivity index (χ2n) is 8.54. The lowest BCUT2D eigenvalue weighted by molar-refractivity contribution is -0.123. The molecule has 34 heavy (non-hydrogen) atoms. The van der Waals surface area contributed by atoms with Crippen LogP contribution < -0.4 is 20.5 Å². The number of anilines is 2. The number of ether oxygens (including phenoxy) is 2. The molecule has 0 saturated heterocycles. The smallest absolute Gasteiger partial charge is 0.220 e. The molecule has 1 amide bonds. The number of methoxy groups -OCH3 is 1. The molecule has 7 nitrogen and oxygen atoms in total. The van der Waals surface area contributed by atoms with Crippen molar-refractivity contribution < 1.29 is 14.3 Å². The zero-order valence-electron chi connectivity index (χ0n) is 20.0. The van der Waals surface area contributed by atoms with Crippen molar-refractivity contribution in [2.45, 2.75) is 39.5 Å². The Hall–Kier alpha value is -3.79. The number of hydrogen-bond acceptors (Lipinski definition) is 6. The van der Waals surface area contributed by atoms with Gasteiger partial charge in [-0.25, -0.2) is 9.97 Å². The Morgan fingerprint density at radius 3 is 2.68 bits per heavy atom. The van der Waals surface area contributed by atoms with Crippen LogP contribution in [-0.2, 0) is 4.79 Å². The van der Waals surface area contributed by atoms with Gasteiger partial charge in [0.05, 0.1) is 19.2 Å². The topological polar surface area (TPSA) is 99.4 Å². The number of carbonyl (C=O) groups is 1. The third-order valence-corrected chi connectivity index (χ3v) is 5.80. The van der Waals surface area contributed by atoms with Crippen molar-refractivity contribution in [1.82, 2.24) is 9.97 Å². The number of amides is 1. The summed E-state index contributed by atoms with van der Waals surface area (Å²) in [5.74, 6) is 4.49. The van der Waals surface area contributed by atoms with Crippen molar-refractivity contribution in [2.75, 3.05) is 19.0 Å². The molecule has 7 heteroatoms. The fraction of sp³-hybridized carbons (Fsp3) is 0.370. The van der Waals surface area contributed by atoms with Gasteiger partial charge in [0.25, 0.3) is 0 Å². The van der Waals surface area contributed by atoms with Crippen LogP contribution in [0, 0.1) is 24.2 Å². The molecule has 0 aliphatic heterocycles. The van der Waals surface area contributed by atoms with E-state index < -0.39 is 0 Å². The number of carbonyl (C=O) groups excluding carboxylic acids is 1. The van der Waals surface area contributed by atoms with Gasteiger partial charge in [-0.2, -0.15) is 0 Å². The van der Waals surface area contributed by atoms with E-state index in [1.54, 1.807) is 7.11 Å². The lowest BCUT2D eigenvalue weighted by Gasteiger charge is -2.17. The predicted octanol–water partition coefficient (Wildman–Crippen LogP) is 5.06. The van der Waals surface area contributed by atoms with Crippen LogP contribution in [0.3, 0.4) is 0 Å². The van der Waals surface area contributed by atoms with Gasteiger partial charge in [0, 0.05) is 28.6 Å². The summed E-state index contributed by atoms with van der Waals surface area (Å²) in [6, 6.07) is 11.3. The molecule has 0 fully saturated rings. The van der Waals surface area contributed by atoms with Crippen LogP contribution in [0.4, 0.5) is 11.5 Å². The molecule has 0 aliphatic carbocycles. The van der Waals surface area contributed by atoms with Crippen LogP contribution in [0.2, 0.25) is 0 Å². The van der Waals surface area contributed by atoms with Gasteiger partial charge in [-0.15, -0.1) is 6.42 Å². The summed E-state index contributed by atoms with van der Waals surface area (Å²) < 4.78 is 11.6. The number of terminal acetylenes is 1. The van der Waals surface area contributed by atoms with Crippen molar-refractivity contribution in [3.05, 3.63) is 48.3 Å². The van der Waals surface area contributed by atoms with E-state index in [2.05, 4.69) is 21.2 Å². The zero-order chi connectivity index (χ0) is 24.5. The highest BCUT2D eigenvalue weighted by Crippen LogP contribution is 2.35. The van der Waals surface area contributed by atoms with E-state index in [1.807, 2.05) is 50.2 Å². The van der Waals surface area contributed by atoms with Crippen LogP contribution in [0.1, 0.15) is 45.1 Å². The van der Waals surface area contributed by atoms with Gasteiger partial charge in [-0.3, -0.25) is 4.79 Å². The Balaban J connectivity index is 1.68. The van der Waals surface area contributed by atoms with Gasteiger partial charge in [0.15, 0.2) is 11.5 Å². The van der Waals surface area contributed by atoms with E-state index in [0.717, 1.165) is 47.8 Å². The maximum Gasteiger partial charge on any atom is 0.220 e. The first-order valence-corrected chi connectivity index (χ1v) is 11.5. The number of hydrogen-bond donors (Lipinski definition) is 2. The van der Waals surface area contributed by atoms with Crippen molar-refractivity contribution in [3.8, 4) is 23.8 Å². The maximum absolute atomic E-state index is 11.6. The monoisotopic (exact) mass is 460 g/mol. The summed E-state index contributed by atoms with van der Waals surface area (Å²) in [5.41, 5.74) is 7.86. The highest BCUT2D eigenvalue weighted by molar-refractivity contribution is 5.93. The molecule has 178 valence electrons. The Bertz CT molecular complexity index is 1170. The van der Waals surface area contributed by atoms with E-state index in [-0.39, 0.29) is 17.7 Å². The van der Waals surface area contributed by atoms with Crippen molar-refractivity contribution in [3.63, 3.8) is 0 Å². The second-order valence-corrected chi connectivity index (χ2v) is 8.54. The SMILES string of the molecule is C#Cc1cccc(Nc2ncnc3cc(OC)c(OCCCCCC(C(N)=O)C(C)C)cc23)c1. The molecule has 0 radical (unpaired) electrons. The van der Waals surface area contributed by atoms with E-state index >= 15 is 0 Å². The standard InChI is InChI=1S/C27H32N4O3/c1-5-19-10-9-11-20(14-19)31-27-22-15-25(24(33-4)16-23(22)29-17-30-27)34-13-8-6-7-12-21(18(2)3)26(28)32/h1,9-11,14-18,21H,6-8,12-13H2,2-4H3,(H2,28,32)(H,29,30,31). The molecular formula is C27H32N4O3. The van der Waals surface area contributed by atoms with Crippen LogP contribution in [0.15, 0.2) is 42.7 Å². The third kappa shape index (κ3) is 6.38. The first kappa shape index (κ1) is 24.8. The summed E-state index contributed by atoms with van der Waals surface area (Å²) in [6.07, 6.45) is 10.6. The maximum atomic E-state index is 11.6. The van der Waals surface area contributed by atoms with Gasteiger partial charge < -0.3 is 20.5 Å². The molecule has 3 rings (SSSR count). The number of fused-ring (bicyclic) bond motifs is 1. The Morgan fingerprint density at radius 2 is 1.97 bits per heavy atom. The van der Waals surface area contributed by atoms with Gasteiger partial charge in [0.2, 0.25) is 5.91 Å². The molecule has 0 bridgehead atoms. The van der Waals surface area contributed by atoms with E-state index in [1.165, 1.54) is 6.33 Å². The van der Waals surface area contributed by atoms with Crippen molar-refractivity contribution in [1.29, 1.82) is 0 Å². The molecule has 1 atom stereocenters. The highest BCUT2D eigenvalue weighted by Gasteiger charge is 2.18. The minimum atomic E-state index is -0.218. The number of primary amides is 1. The molecule has 1 aromatic heterocycles. The Kier molecular flexibility index (Phi) is 8.69. The number of nitrogens with two attached hydrogens (primary N) is 1. The predicted molar refractivity (Wildman–Crippen MR) is 135 cm³/mol. The molecule has 0 spiro atoms. The molecule has 0 saturated carbocycles. The van der Waals surface area contributed by atoms with E-state index in [9.17, 15) is 4.79 Å². The average Bonchev–Trinajstić information content (AvgIpc) is 2.82. The number of benzene rings is 2. The molecule has 2 aromatic carbocycles. The minimum Gasteiger partial charge on any atom is -0.493 e. The largest absolute Gasteiger partial charge is 0.493 e. The van der Waals surface area contributed by atoms with Crippen LogP contribution in [0.25, 0.3) is 10.9 Å². The fourth-order valence-corrected chi connectivity index (χ4v) is 3.89. The van der Waals surface area contributed by atoms with E-state index in [4.69, 9.17) is 21.6 Å². The first-order valence-electron chi connectivity index (χ1n) is 11.5. The van der Waals surface area contributed by atoms with E-state index in [0.29, 0.717) is 23.9 Å². The summed E-state index contributed by atoms with van der Waals surface area (Å²) in [6.45, 7) is 4.60. The molecule has 3 N–H and O–H groups in total. The lowest BCUT2D eigenvalue weighted by atomic mass is 9.90. The first-order chi connectivity index (χ1) is 16.4. The third-order valence-electron chi connectivity index (χ3n) is 5.80. The van der Waals surface area contributed by atoms with Crippen molar-refractivity contribution in [2.24, 2.45) is 17.6 Å². The normalized spacial score (nSPS) is 11.7. The van der Waals surface area contributed by atoms with Gasteiger partial charge in [0.1, 0.15) is 12.1 Å². The highest BCUT2D eigenvalue weighted by atomic mass is 16.5. The molecule has 3 aromatic rings.